The number of aromatic nitrogens is 1. The molecule has 0 amide bonds. The maximum absolute atomic E-state index is 5.72. The van der Waals surface area contributed by atoms with E-state index in [0.29, 0.717) is 0 Å². The summed E-state index contributed by atoms with van der Waals surface area (Å²) in [5.41, 5.74) is 2.16. The van der Waals surface area contributed by atoms with Crippen LogP contribution in [0.15, 0.2) is 28.7 Å². The summed E-state index contributed by atoms with van der Waals surface area (Å²) in [6, 6.07) is 8.33. The number of aryl methyl sites for hydroxylation is 1. The minimum atomic E-state index is -0.108. The maximum Gasteiger partial charge on any atom is 0.126 e. The van der Waals surface area contributed by atoms with Crippen molar-refractivity contribution in [1.29, 1.82) is 0 Å². The van der Waals surface area contributed by atoms with Gasteiger partial charge in [0.2, 0.25) is 0 Å². The van der Waals surface area contributed by atoms with Crippen LogP contribution in [0, 0.1) is 6.92 Å². The van der Waals surface area contributed by atoms with E-state index in [1.807, 2.05) is 0 Å². The predicted octanol–water partition coefficient (Wildman–Crippen LogP) is 4.91. The van der Waals surface area contributed by atoms with Crippen LogP contribution in [0.25, 0.3) is 11.3 Å². The van der Waals surface area contributed by atoms with Gasteiger partial charge in [0, 0.05) is 22.0 Å². The topological polar surface area (TPSA) is 22.1 Å². The lowest BCUT2D eigenvalue weighted by atomic mass is 9.80. The fourth-order valence-corrected chi connectivity index (χ4v) is 3.89. The van der Waals surface area contributed by atoms with Crippen molar-refractivity contribution < 1.29 is 4.74 Å². The first-order valence-corrected chi connectivity index (χ1v) is 8.04. The minimum Gasteiger partial charge on any atom is -0.371 e. The molecule has 0 radical (unpaired) electrons. The summed E-state index contributed by atoms with van der Waals surface area (Å²) in [6.07, 6.45) is 3.42. The van der Waals surface area contributed by atoms with Gasteiger partial charge in [0.1, 0.15) is 10.6 Å². The highest BCUT2D eigenvalue weighted by atomic mass is 79.9. The standard InChI is InChI=1S/C15H16BrNOS/c1-10-13(11-4-6-12(16)7-5-11)17-14(19-10)15(18-2)8-3-9-15/h4-7H,3,8-9H2,1-2H3. The molecular weight excluding hydrogens is 322 g/mol. The summed E-state index contributed by atoms with van der Waals surface area (Å²) in [7, 11) is 1.80. The normalized spacial score (nSPS) is 17.2. The molecule has 0 spiro atoms. The summed E-state index contributed by atoms with van der Waals surface area (Å²) < 4.78 is 6.82. The van der Waals surface area contributed by atoms with Crippen LogP contribution >= 0.6 is 27.3 Å². The Kier molecular flexibility index (Phi) is 3.50. The van der Waals surface area contributed by atoms with E-state index in [2.05, 4.69) is 47.1 Å². The zero-order valence-electron chi connectivity index (χ0n) is 11.1. The third-order valence-electron chi connectivity index (χ3n) is 3.86. The van der Waals surface area contributed by atoms with Gasteiger partial charge in [-0.15, -0.1) is 11.3 Å². The number of nitrogens with zero attached hydrogens (tertiary/aromatic N) is 1. The zero-order chi connectivity index (χ0) is 13.5. The molecule has 0 unspecified atom stereocenters. The number of hydrogen-bond acceptors (Lipinski definition) is 3. The Morgan fingerprint density at radius 3 is 2.47 bits per heavy atom. The predicted molar refractivity (Wildman–Crippen MR) is 82.5 cm³/mol. The summed E-state index contributed by atoms with van der Waals surface area (Å²) in [4.78, 5) is 6.12. The van der Waals surface area contributed by atoms with Crippen molar-refractivity contribution in [3.8, 4) is 11.3 Å². The molecule has 0 saturated heterocycles. The SMILES string of the molecule is COC1(c2nc(-c3ccc(Br)cc3)c(C)s2)CCC1. The van der Waals surface area contributed by atoms with E-state index in [1.54, 1.807) is 18.4 Å². The highest BCUT2D eigenvalue weighted by Gasteiger charge is 2.42. The Hall–Kier alpha value is -0.710. The van der Waals surface area contributed by atoms with Gasteiger partial charge in [0.05, 0.1) is 5.69 Å². The molecule has 3 rings (SSSR count). The quantitative estimate of drug-likeness (QED) is 0.794. The molecule has 1 aliphatic rings. The molecule has 2 aromatic rings. The van der Waals surface area contributed by atoms with Gasteiger partial charge < -0.3 is 4.74 Å². The smallest absolute Gasteiger partial charge is 0.126 e. The maximum atomic E-state index is 5.72. The lowest BCUT2D eigenvalue weighted by Gasteiger charge is -2.38. The first-order chi connectivity index (χ1) is 9.14. The third kappa shape index (κ3) is 2.26. The van der Waals surface area contributed by atoms with E-state index in [4.69, 9.17) is 9.72 Å². The third-order valence-corrected chi connectivity index (χ3v) is 5.54. The second-order valence-electron chi connectivity index (χ2n) is 4.98. The molecule has 1 aliphatic carbocycles. The van der Waals surface area contributed by atoms with Crippen molar-refractivity contribution in [2.75, 3.05) is 7.11 Å². The Morgan fingerprint density at radius 1 is 1.26 bits per heavy atom. The molecule has 2 nitrogen and oxygen atoms in total. The number of rotatable bonds is 3. The van der Waals surface area contributed by atoms with E-state index in [9.17, 15) is 0 Å². The van der Waals surface area contributed by atoms with Crippen LogP contribution in [0.1, 0.15) is 29.1 Å². The van der Waals surface area contributed by atoms with Crippen molar-refractivity contribution in [1.82, 2.24) is 4.98 Å². The Labute approximate surface area is 126 Å². The van der Waals surface area contributed by atoms with Gasteiger partial charge in [0.25, 0.3) is 0 Å². The molecule has 1 aromatic heterocycles. The van der Waals surface area contributed by atoms with Crippen molar-refractivity contribution in [2.24, 2.45) is 0 Å². The van der Waals surface area contributed by atoms with Crippen LogP contribution in [-0.2, 0) is 10.3 Å². The van der Waals surface area contributed by atoms with Gasteiger partial charge in [0.15, 0.2) is 0 Å². The van der Waals surface area contributed by atoms with E-state index >= 15 is 0 Å². The average Bonchev–Trinajstić information content (AvgIpc) is 2.72. The lowest BCUT2D eigenvalue weighted by Crippen LogP contribution is -2.35. The molecular formula is C15H16BrNOS. The first-order valence-electron chi connectivity index (χ1n) is 6.44. The van der Waals surface area contributed by atoms with Crippen LogP contribution < -0.4 is 0 Å². The van der Waals surface area contributed by atoms with Gasteiger partial charge in [-0.1, -0.05) is 28.1 Å². The minimum absolute atomic E-state index is 0.108. The molecule has 100 valence electrons. The Bertz CT molecular complexity index is 581. The van der Waals surface area contributed by atoms with Crippen molar-refractivity contribution in [3.05, 3.63) is 38.6 Å². The molecule has 19 heavy (non-hydrogen) atoms. The van der Waals surface area contributed by atoms with Gasteiger partial charge in [-0.05, 0) is 38.3 Å². The molecule has 1 fully saturated rings. The van der Waals surface area contributed by atoms with E-state index < -0.39 is 0 Å². The lowest BCUT2D eigenvalue weighted by molar-refractivity contribution is -0.0778. The average molecular weight is 338 g/mol. The highest BCUT2D eigenvalue weighted by molar-refractivity contribution is 9.10. The van der Waals surface area contributed by atoms with Crippen molar-refractivity contribution in [3.63, 3.8) is 0 Å². The molecule has 1 saturated carbocycles. The summed E-state index contributed by atoms with van der Waals surface area (Å²) in [5.74, 6) is 0. The molecule has 4 heteroatoms. The van der Waals surface area contributed by atoms with Crippen molar-refractivity contribution in [2.45, 2.75) is 31.8 Å². The Morgan fingerprint density at radius 2 is 1.95 bits per heavy atom. The van der Waals surface area contributed by atoms with Crippen LogP contribution in [-0.4, -0.2) is 12.1 Å². The monoisotopic (exact) mass is 337 g/mol. The summed E-state index contributed by atoms with van der Waals surface area (Å²) >= 11 is 5.24. The van der Waals surface area contributed by atoms with Crippen LogP contribution in [0.4, 0.5) is 0 Å². The van der Waals surface area contributed by atoms with Gasteiger partial charge in [-0.25, -0.2) is 4.98 Å². The van der Waals surface area contributed by atoms with E-state index in [0.717, 1.165) is 28.0 Å². The Balaban J connectivity index is 2.00. The van der Waals surface area contributed by atoms with Gasteiger partial charge >= 0.3 is 0 Å². The number of benzene rings is 1. The van der Waals surface area contributed by atoms with Crippen LogP contribution in [0.5, 0.6) is 0 Å². The first kappa shape index (κ1) is 13.3. The number of halogens is 1. The van der Waals surface area contributed by atoms with Gasteiger partial charge in [-0.3, -0.25) is 0 Å². The highest BCUT2D eigenvalue weighted by Crippen LogP contribution is 2.47. The number of thiazole rings is 1. The van der Waals surface area contributed by atoms with Crippen LogP contribution in [0.3, 0.4) is 0 Å². The van der Waals surface area contributed by atoms with Gasteiger partial charge in [-0.2, -0.15) is 0 Å². The summed E-state index contributed by atoms with van der Waals surface area (Å²) in [6.45, 7) is 2.14. The van der Waals surface area contributed by atoms with Crippen molar-refractivity contribution >= 4 is 27.3 Å². The fourth-order valence-electron chi connectivity index (χ4n) is 2.47. The molecule has 0 aliphatic heterocycles. The number of hydrogen-bond donors (Lipinski definition) is 0. The molecule has 1 heterocycles. The molecule has 0 atom stereocenters. The molecule has 0 bridgehead atoms. The second-order valence-corrected chi connectivity index (χ2v) is 7.10. The van der Waals surface area contributed by atoms with Crippen LogP contribution in [0.2, 0.25) is 0 Å². The number of ether oxygens (including phenoxy) is 1. The molecule has 1 aromatic carbocycles. The van der Waals surface area contributed by atoms with E-state index in [1.165, 1.54) is 16.9 Å². The fraction of sp³-hybridized carbons (Fsp3) is 0.400. The second kappa shape index (κ2) is 5.00. The number of methoxy groups -OCH3 is 1. The summed E-state index contributed by atoms with van der Waals surface area (Å²) in [5, 5.41) is 1.14. The largest absolute Gasteiger partial charge is 0.371 e. The van der Waals surface area contributed by atoms with E-state index in [-0.39, 0.29) is 5.60 Å². The zero-order valence-corrected chi connectivity index (χ0v) is 13.5. The molecule has 0 N–H and O–H groups in total.